The largest absolute Gasteiger partial charge is 0.481 e. The molecule has 0 aliphatic heterocycles. The van der Waals surface area contributed by atoms with Gasteiger partial charge in [0.05, 0.1) is 16.9 Å². The number of halogens is 1. The Morgan fingerprint density at radius 1 is 1.56 bits per heavy atom. The van der Waals surface area contributed by atoms with Gasteiger partial charge < -0.3 is 5.11 Å². The SMILES string of the molecule is CC(Cc1cc(F)cc([N+](=O)[O-])c1)C(=O)O. The zero-order valence-electron chi connectivity index (χ0n) is 8.51. The van der Waals surface area contributed by atoms with Crippen molar-refractivity contribution in [3.63, 3.8) is 0 Å². The van der Waals surface area contributed by atoms with Crippen molar-refractivity contribution in [2.75, 3.05) is 0 Å². The highest BCUT2D eigenvalue weighted by Crippen LogP contribution is 2.18. The first kappa shape index (κ1) is 12.1. The van der Waals surface area contributed by atoms with Gasteiger partial charge in [-0.05, 0) is 18.1 Å². The first-order valence-corrected chi connectivity index (χ1v) is 4.57. The number of nitro groups is 1. The minimum absolute atomic E-state index is 0.0634. The Balaban J connectivity index is 2.97. The van der Waals surface area contributed by atoms with Crippen molar-refractivity contribution in [2.45, 2.75) is 13.3 Å². The Bertz CT molecular complexity index is 433. The number of hydrogen-bond acceptors (Lipinski definition) is 3. The average Bonchev–Trinajstić information content (AvgIpc) is 2.16. The predicted octanol–water partition coefficient (Wildman–Crippen LogP) is 2.00. The second-order valence-electron chi connectivity index (χ2n) is 3.52. The summed E-state index contributed by atoms with van der Waals surface area (Å²) in [5.74, 6) is -2.46. The summed E-state index contributed by atoms with van der Waals surface area (Å²) in [5, 5.41) is 19.1. The number of hydrogen-bond donors (Lipinski definition) is 1. The summed E-state index contributed by atoms with van der Waals surface area (Å²) in [4.78, 5) is 20.3. The summed E-state index contributed by atoms with van der Waals surface area (Å²) in [7, 11) is 0. The van der Waals surface area contributed by atoms with Crippen LogP contribution in [0, 0.1) is 21.8 Å². The molecular formula is C10H10FNO4. The van der Waals surface area contributed by atoms with Crippen molar-refractivity contribution >= 4 is 11.7 Å². The maximum atomic E-state index is 13.0. The molecule has 1 atom stereocenters. The monoisotopic (exact) mass is 227 g/mol. The second-order valence-corrected chi connectivity index (χ2v) is 3.52. The van der Waals surface area contributed by atoms with Crippen LogP contribution in [-0.2, 0) is 11.2 Å². The molecule has 1 rings (SSSR count). The van der Waals surface area contributed by atoms with Gasteiger partial charge in [0, 0.05) is 6.07 Å². The van der Waals surface area contributed by atoms with Crippen molar-refractivity contribution in [2.24, 2.45) is 5.92 Å². The highest BCUT2D eigenvalue weighted by Gasteiger charge is 2.15. The molecule has 0 radical (unpaired) electrons. The zero-order chi connectivity index (χ0) is 12.3. The van der Waals surface area contributed by atoms with E-state index in [1.165, 1.54) is 13.0 Å². The molecule has 1 unspecified atom stereocenters. The average molecular weight is 227 g/mol. The van der Waals surface area contributed by atoms with Crippen LogP contribution in [-0.4, -0.2) is 16.0 Å². The predicted molar refractivity (Wildman–Crippen MR) is 53.6 cm³/mol. The topological polar surface area (TPSA) is 80.4 Å². The molecule has 0 bridgehead atoms. The highest BCUT2D eigenvalue weighted by atomic mass is 19.1. The van der Waals surface area contributed by atoms with E-state index in [9.17, 15) is 19.3 Å². The molecule has 16 heavy (non-hydrogen) atoms. The molecule has 0 saturated carbocycles. The number of benzene rings is 1. The molecule has 0 heterocycles. The normalized spacial score (nSPS) is 12.1. The van der Waals surface area contributed by atoms with E-state index in [1.807, 2.05) is 0 Å². The molecule has 0 aliphatic carbocycles. The van der Waals surface area contributed by atoms with E-state index in [0.717, 1.165) is 12.1 Å². The number of nitrogens with zero attached hydrogens (tertiary/aromatic N) is 1. The number of nitro benzene ring substituents is 1. The van der Waals surface area contributed by atoms with Crippen LogP contribution < -0.4 is 0 Å². The van der Waals surface area contributed by atoms with Gasteiger partial charge in [0.2, 0.25) is 0 Å². The number of carboxylic acid groups (broad SMARTS) is 1. The lowest BCUT2D eigenvalue weighted by Gasteiger charge is -2.05. The van der Waals surface area contributed by atoms with Crippen LogP contribution in [0.25, 0.3) is 0 Å². The summed E-state index contributed by atoms with van der Waals surface area (Å²) in [5.41, 5.74) is -0.0609. The standard InChI is InChI=1S/C10H10FNO4/c1-6(10(13)14)2-7-3-8(11)5-9(4-7)12(15)16/h3-6H,2H2,1H3,(H,13,14). The molecule has 1 N–H and O–H groups in total. The minimum atomic E-state index is -1.02. The molecule has 0 amide bonds. The van der Waals surface area contributed by atoms with Crippen molar-refractivity contribution in [1.82, 2.24) is 0 Å². The molecule has 1 aromatic rings. The van der Waals surface area contributed by atoms with E-state index in [4.69, 9.17) is 5.11 Å². The van der Waals surface area contributed by atoms with Gasteiger partial charge in [-0.2, -0.15) is 0 Å². The van der Waals surface area contributed by atoms with E-state index in [2.05, 4.69) is 0 Å². The second kappa shape index (κ2) is 4.69. The number of aliphatic carboxylic acids is 1. The Kier molecular flexibility index (Phi) is 3.55. The lowest BCUT2D eigenvalue weighted by Crippen LogP contribution is -2.12. The van der Waals surface area contributed by atoms with Crippen molar-refractivity contribution < 1.29 is 19.2 Å². The fraction of sp³-hybridized carbons (Fsp3) is 0.300. The highest BCUT2D eigenvalue weighted by molar-refractivity contribution is 5.69. The number of rotatable bonds is 4. The van der Waals surface area contributed by atoms with Crippen molar-refractivity contribution in [1.29, 1.82) is 0 Å². The van der Waals surface area contributed by atoms with E-state index < -0.39 is 22.6 Å². The minimum Gasteiger partial charge on any atom is -0.481 e. The first-order valence-electron chi connectivity index (χ1n) is 4.57. The molecule has 0 aromatic heterocycles. The third-order valence-electron chi connectivity index (χ3n) is 2.12. The van der Waals surface area contributed by atoms with Crippen LogP contribution in [0.3, 0.4) is 0 Å². The molecule has 0 fully saturated rings. The molecule has 0 aliphatic rings. The van der Waals surface area contributed by atoms with Crippen LogP contribution in [0.5, 0.6) is 0 Å². The quantitative estimate of drug-likeness (QED) is 0.630. The van der Waals surface area contributed by atoms with Gasteiger partial charge in [-0.3, -0.25) is 14.9 Å². The summed E-state index contributed by atoms with van der Waals surface area (Å²) in [6, 6.07) is 3.09. The number of carboxylic acids is 1. The third kappa shape index (κ3) is 3.01. The lowest BCUT2D eigenvalue weighted by atomic mass is 10.0. The molecular weight excluding hydrogens is 217 g/mol. The lowest BCUT2D eigenvalue weighted by molar-refractivity contribution is -0.385. The van der Waals surface area contributed by atoms with E-state index >= 15 is 0 Å². The van der Waals surface area contributed by atoms with Crippen LogP contribution in [0.4, 0.5) is 10.1 Å². The van der Waals surface area contributed by atoms with Gasteiger partial charge in [0.1, 0.15) is 5.82 Å². The summed E-state index contributed by atoms with van der Waals surface area (Å²) < 4.78 is 13.0. The summed E-state index contributed by atoms with van der Waals surface area (Å²) >= 11 is 0. The number of non-ortho nitro benzene ring substituents is 1. The molecule has 6 heteroatoms. The van der Waals surface area contributed by atoms with Crippen LogP contribution in [0.15, 0.2) is 18.2 Å². The van der Waals surface area contributed by atoms with Gasteiger partial charge in [-0.1, -0.05) is 6.92 Å². The Morgan fingerprint density at radius 2 is 2.19 bits per heavy atom. The van der Waals surface area contributed by atoms with Crippen molar-refractivity contribution in [3.8, 4) is 0 Å². The molecule has 5 nitrogen and oxygen atoms in total. The van der Waals surface area contributed by atoms with Gasteiger partial charge >= 0.3 is 5.97 Å². The van der Waals surface area contributed by atoms with Crippen LogP contribution >= 0.6 is 0 Å². The zero-order valence-corrected chi connectivity index (χ0v) is 8.51. The molecule has 0 spiro atoms. The molecule has 0 saturated heterocycles. The third-order valence-corrected chi connectivity index (χ3v) is 2.12. The smallest absolute Gasteiger partial charge is 0.306 e. The maximum absolute atomic E-state index is 13.0. The van der Waals surface area contributed by atoms with Gasteiger partial charge in [-0.15, -0.1) is 0 Å². The summed E-state index contributed by atoms with van der Waals surface area (Å²) in [6.45, 7) is 1.46. The molecule has 86 valence electrons. The summed E-state index contributed by atoms with van der Waals surface area (Å²) in [6.07, 6.45) is 0.0634. The Morgan fingerprint density at radius 3 is 2.69 bits per heavy atom. The van der Waals surface area contributed by atoms with Gasteiger partial charge in [-0.25, -0.2) is 4.39 Å². The number of carbonyl (C=O) groups is 1. The van der Waals surface area contributed by atoms with Gasteiger partial charge in [0.25, 0.3) is 5.69 Å². The van der Waals surface area contributed by atoms with Crippen molar-refractivity contribution in [3.05, 3.63) is 39.7 Å². The Labute approximate surface area is 90.7 Å². The fourth-order valence-electron chi connectivity index (χ4n) is 1.30. The van der Waals surface area contributed by atoms with Gasteiger partial charge in [0.15, 0.2) is 0 Å². The van der Waals surface area contributed by atoms with E-state index in [-0.39, 0.29) is 12.1 Å². The van der Waals surface area contributed by atoms with E-state index in [0.29, 0.717) is 5.56 Å². The fourth-order valence-corrected chi connectivity index (χ4v) is 1.30. The van der Waals surface area contributed by atoms with Crippen LogP contribution in [0.2, 0.25) is 0 Å². The first-order chi connectivity index (χ1) is 7.40. The maximum Gasteiger partial charge on any atom is 0.306 e. The Hall–Kier alpha value is -1.98. The van der Waals surface area contributed by atoms with Crippen LogP contribution in [0.1, 0.15) is 12.5 Å². The molecule has 1 aromatic carbocycles. The van der Waals surface area contributed by atoms with E-state index in [1.54, 1.807) is 0 Å².